The van der Waals surface area contributed by atoms with Crippen LogP contribution in [0, 0.1) is 0 Å². The molecule has 1 N–H and O–H groups in total. The third-order valence-electron chi connectivity index (χ3n) is 3.45. The highest BCUT2D eigenvalue weighted by Gasteiger charge is 2.27. The molecule has 2 aromatic rings. The Kier molecular flexibility index (Phi) is 3.12. The van der Waals surface area contributed by atoms with Gasteiger partial charge >= 0.3 is 0 Å². The Labute approximate surface area is 111 Å². The van der Waals surface area contributed by atoms with Gasteiger partial charge in [-0.2, -0.15) is 0 Å². The van der Waals surface area contributed by atoms with Gasteiger partial charge in [0.2, 0.25) is 0 Å². The second-order valence-corrected chi connectivity index (χ2v) is 5.01. The summed E-state index contributed by atoms with van der Waals surface area (Å²) in [6.45, 7) is 3.44. The predicted molar refractivity (Wildman–Crippen MR) is 72.1 cm³/mol. The third kappa shape index (κ3) is 2.17. The first kappa shape index (κ1) is 12.4. The summed E-state index contributed by atoms with van der Waals surface area (Å²) < 4.78 is 7.64. The molecular weight excluding hydrogens is 244 g/mol. The van der Waals surface area contributed by atoms with Gasteiger partial charge in [0.15, 0.2) is 5.82 Å². The van der Waals surface area contributed by atoms with Crippen molar-refractivity contribution < 1.29 is 9.84 Å². The summed E-state index contributed by atoms with van der Waals surface area (Å²) in [4.78, 5) is 11.0. The van der Waals surface area contributed by atoms with Gasteiger partial charge in [-0.15, -0.1) is 0 Å². The molecule has 3 heterocycles. The maximum Gasteiger partial charge on any atom is 0.156 e. The highest BCUT2D eigenvalue weighted by atomic mass is 16.5. The second-order valence-electron chi connectivity index (χ2n) is 5.01. The van der Waals surface area contributed by atoms with Crippen LogP contribution in [0.2, 0.25) is 0 Å². The topological polar surface area (TPSA) is 63.4 Å². The normalized spacial score (nSPS) is 24.1. The number of aromatic nitrogens is 3. The summed E-state index contributed by atoms with van der Waals surface area (Å²) in [5.74, 6) is 0.867. The largest absolute Gasteiger partial charge is 0.394 e. The number of anilines is 1. The van der Waals surface area contributed by atoms with Crippen LogP contribution < -0.4 is 4.90 Å². The van der Waals surface area contributed by atoms with Crippen LogP contribution in [-0.2, 0) is 11.8 Å². The summed E-state index contributed by atoms with van der Waals surface area (Å²) in [5, 5.41) is 9.30. The van der Waals surface area contributed by atoms with Gasteiger partial charge in [0.1, 0.15) is 5.52 Å². The Balaban J connectivity index is 1.99. The first-order valence-electron chi connectivity index (χ1n) is 6.46. The number of hydrogen-bond acceptors (Lipinski definition) is 5. The predicted octanol–water partition coefficient (Wildman–Crippen LogP) is 0.554. The van der Waals surface area contributed by atoms with Crippen LogP contribution in [0.15, 0.2) is 18.6 Å². The summed E-state index contributed by atoms with van der Waals surface area (Å²) in [7, 11) is 1.97. The maximum atomic E-state index is 9.30. The fourth-order valence-corrected chi connectivity index (χ4v) is 2.60. The van der Waals surface area contributed by atoms with Crippen LogP contribution in [0.4, 0.5) is 5.82 Å². The van der Waals surface area contributed by atoms with Gasteiger partial charge < -0.3 is 19.3 Å². The van der Waals surface area contributed by atoms with Crippen molar-refractivity contribution in [3.05, 3.63) is 18.6 Å². The first-order chi connectivity index (χ1) is 9.19. The van der Waals surface area contributed by atoms with Crippen molar-refractivity contribution in [1.29, 1.82) is 0 Å². The van der Waals surface area contributed by atoms with E-state index in [0.717, 1.165) is 23.4 Å². The maximum absolute atomic E-state index is 9.30. The minimum Gasteiger partial charge on any atom is -0.394 e. The standard InChI is InChI=1S/C13H18N4O2/c1-9-5-17(6-10(7-18)19-9)13-12-11(3-4-14-13)16(2)8-15-12/h3-4,8-10,18H,5-7H2,1-2H3. The van der Waals surface area contributed by atoms with Crippen LogP contribution in [-0.4, -0.2) is 51.5 Å². The van der Waals surface area contributed by atoms with E-state index in [1.807, 2.05) is 24.6 Å². The van der Waals surface area contributed by atoms with E-state index in [4.69, 9.17) is 4.74 Å². The molecule has 1 aliphatic heterocycles. The van der Waals surface area contributed by atoms with Crippen LogP contribution in [0.3, 0.4) is 0 Å². The van der Waals surface area contributed by atoms with E-state index in [-0.39, 0.29) is 18.8 Å². The van der Waals surface area contributed by atoms with Gasteiger partial charge in [-0.1, -0.05) is 0 Å². The molecule has 6 heteroatoms. The molecule has 2 unspecified atom stereocenters. The molecule has 19 heavy (non-hydrogen) atoms. The average molecular weight is 262 g/mol. The van der Waals surface area contributed by atoms with Gasteiger partial charge in [0.25, 0.3) is 0 Å². The smallest absolute Gasteiger partial charge is 0.156 e. The van der Waals surface area contributed by atoms with Crippen molar-refractivity contribution in [2.24, 2.45) is 7.05 Å². The molecule has 3 rings (SSSR count). The summed E-state index contributed by atoms with van der Waals surface area (Å²) >= 11 is 0. The minimum atomic E-state index is -0.162. The average Bonchev–Trinajstić information content (AvgIpc) is 2.80. The zero-order valence-corrected chi connectivity index (χ0v) is 11.2. The van der Waals surface area contributed by atoms with Crippen LogP contribution in [0.1, 0.15) is 6.92 Å². The Hall–Kier alpha value is -1.66. The number of aryl methyl sites for hydroxylation is 1. The molecule has 0 aliphatic carbocycles. The van der Waals surface area contributed by atoms with Crippen LogP contribution in [0.25, 0.3) is 11.0 Å². The molecule has 0 saturated carbocycles. The molecule has 0 spiro atoms. The third-order valence-corrected chi connectivity index (χ3v) is 3.45. The van der Waals surface area contributed by atoms with Crippen molar-refractivity contribution >= 4 is 16.9 Å². The molecular formula is C13H18N4O2. The molecule has 0 radical (unpaired) electrons. The lowest BCUT2D eigenvalue weighted by atomic mass is 10.2. The van der Waals surface area contributed by atoms with Gasteiger partial charge in [0, 0.05) is 26.3 Å². The number of ether oxygens (including phenoxy) is 1. The molecule has 2 atom stereocenters. The lowest BCUT2D eigenvalue weighted by molar-refractivity contribution is -0.0422. The van der Waals surface area contributed by atoms with E-state index in [1.165, 1.54) is 0 Å². The summed E-state index contributed by atoms with van der Waals surface area (Å²) in [6.07, 6.45) is 3.51. The van der Waals surface area contributed by atoms with E-state index in [0.29, 0.717) is 6.54 Å². The highest BCUT2D eigenvalue weighted by molar-refractivity contribution is 5.86. The Morgan fingerprint density at radius 2 is 2.26 bits per heavy atom. The van der Waals surface area contributed by atoms with E-state index in [1.54, 1.807) is 12.5 Å². The van der Waals surface area contributed by atoms with Gasteiger partial charge in [-0.25, -0.2) is 9.97 Å². The van der Waals surface area contributed by atoms with Gasteiger partial charge in [0.05, 0.1) is 30.7 Å². The molecule has 1 saturated heterocycles. The number of pyridine rings is 1. The Morgan fingerprint density at radius 1 is 1.42 bits per heavy atom. The Morgan fingerprint density at radius 3 is 3.05 bits per heavy atom. The van der Waals surface area contributed by atoms with Crippen LogP contribution >= 0.6 is 0 Å². The molecule has 102 valence electrons. The SMILES string of the molecule is CC1CN(c2nccc3c2ncn3C)CC(CO)O1. The van der Waals surface area contributed by atoms with Crippen LogP contribution in [0.5, 0.6) is 0 Å². The summed E-state index contributed by atoms with van der Waals surface area (Å²) in [6, 6.07) is 1.96. The van der Waals surface area contributed by atoms with Crippen molar-refractivity contribution in [2.75, 3.05) is 24.6 Å². The second kappa shape index (κ2) is 4.79. The molecule has 0 aromatic carbocycles. The number of fused-ring (bicyclic) bond motifs is 1. The number of rotatable bonds is 2. The quantitative estimate of drug-likeness (QED) is 0.856. The number of aliphatic hydroxyl groups excluding tert-OH is 1. The Bertz CT molecular complexity index is 583. The van der Waals surface area contributed by atoms with Crippen molar-refractivity contribution in [2.45, 2.75) is 19.1 Å². The highest BCUT2D eigenvalue weighted by Crippen LogP contribution is 2.25. The van der Waals surface area contributed by atoms with E-state index in [9.17, 15) is 5.11 Å². The first-order valence-corrected chi connectivity index (χ1v) is 6.46. The number of aliphatic hydroxyl groups is 1. The zero-order chi connectivity index (χ0) is 13.4. The molecule has 0 bridgehead atoms. The molecule has 1 fully saturated rings. The number of imidazole rings is 1. The monoisotopic (exact) mass is 262 g/mol. The molecule has 1 aliphatic rings. The molecule has 6 nitrogen and oxygen atoms in total. The minimum absolute atomic E-state index is 0.0268. The van der Waals surface area contributed by atoms with Gasteiger partial charge in [-0.05, 0) is 13.0 Å². The number of nitrogens with zero attached hydrogens (tertiary/aromatic N) is 4. The van der Waals surface area contributed by atoms with Gasteiger partial charge in [-0.3, -0.25) is 0 Å². The van der Waals surface area contributed by atoms with E-state index in [2.05, 4.69) is 14.9 Å². The molecule has 2 aromatic heterocycles. The van der Waals surface area contributed by atoms with Crippen molar-refractivity contribution in [3.63, 3.8) is 0 Å². The molecule has 0 amide bonds. The number of hydrogen-bond donors (Lipinski definition) is 1. The number of morpholine rings is 1. The lowest BCUT2D eigenvalue weighted by Gasteiger charge is -2.36. The zero-order valence-electron chi connectivity index (χ0n) is 11.2. The summed E-state index contributed by atoms with van der Waals surface area (Å²) in [5.41, 5.74) is 1.96. The fourth-order valence-electron chi connectivity index (χ4n) is 2.60. The fraction of sp³-hybridized carbons (Fsp3) is 0.538. The van der Waals surface area contributed by atoms with Crippen molar-refractivity contribution in [1.82, 2.24) is 14.5 Å². The van der Waals surface area contributed by atoms with E-state index >= 15 is 0 Å². The van der Waals surface area contributed by atoms with Crippen molar-refractivity contribution in [3.8, 4) is 0 Å². The van der Waals surface area contributed by atoms with E-state index < -0.39 is 0 Å². The lowest BCUT2D eigenvalue weighted by Crippen LogP contribution is -2.48.